The van der Waals surface area contributed by atoms with Crippen LogP contribution in [-0.4, -0.2) is 48.6 Å². The molecule has 0 bridgehead atoms. The van der Waals surface area contributed by atoms with E-state index in [1.54, 1.807) is 0 Å². The van der Waals surface area contributed by atoms with Gasteiger partial charge in [-0.05, 0) is 25.1 Å². The van der Waals surface area contributed by atoms with Crippen molar-refractivity contribution in [3.8, 4) is 11.8 Å². The summed E-state index contributed by atoms with van der Waals surface area (Å²) >= 11 is 0. The van der Waals surface area contributed by atoms with Crippen molar-refractivity contribution in [2.45, 2.75) is 6.92 Å². The minimum atomic E-state index is -1.22. The Balaban J connectivity index is 2.71. The van der Waals surface area contributed by atoms with Crippen LogP contribution >= 0.6 is 0 Å². The van der Waals surface area contributed by atoms with Crippen LogP contribution in [0.5, 0.6) is 0 Å². The molecule has 0 atom stereocenters. The molecular formula is C15H16O6. The zero-order chi connectivity index (χ0) is 15.7. The topological polar surface area (TPSA) is 93.1 Å². The molecule has 0 amide bonds. The van der Waals surface area contributed by atoms with E-state index in [1.165, 1.54) is 12.1 Å². The SMILES string of the molecule is CCOCCOCC#Cc1ccc(C(=O)O)cc1C(=O)O. The lowest BCUT2D eigenvalue weighted by molar-refractivity contribution is 0.0662. The largest absolute Gasteiger partial charge is 0.478 e. The highest BCUT2D eigenvalue weighted by molar-refractivity contribution is 5.95. The summed E-state index contributed by atoms with van der Waals surface area (Å²) in [5, 5.41) is 17.9. The van der Waals surface area contributed by atoms with E-state index in [-0.39, 0.29) is 23.3 Å². The normalized spacial score (nSPS) is 9.76. The average Bonchev–Trinajstić information content (AvgIpc) is 2.46. The molecule has 1 aromatic carbocycles. The highest BCUT2D eigenvalue weighted by atomic mass is 16.5. The smallest absolute Gasteiger partial charge is 0.336 e. The lowest BCUT2D eigenvalue weighted by Gasteiger charge is -2.01. The molecule has 0 unspecified atom stereocenters. The fourth-order valence-electron chi connectivity index (χ4n) is 1.48. The van der Waals surface area contributed by atoms with E-state index in [1.807, 2.05) is 6.92 Å². The number of carboxylic acids is 2. The Morgan fingerprint density at radius 2 is 1.86 bits per heavy atom. The Labute approximate surface area is 122 Å². The number of benzene rings is 1. The van der Waals surface area contributed by atoms with Gasteiger partial charge in [-0.3, -0.25) is 0 Å². The van der Waals surface area contributed by atoms with E-state index in [4.69, 9.17) is 19.7 Å². The van der Waals surface area contributed by atoms with Crippen LogP contribution in [0.2, 0.25) is 0 Å². The molecule has 0 spiro atoms. The van der Waals surface area contributed by atoms with Gasteiger partial charge in [-0.1, -0.05) is 11.8 Å². The van der Waals surface area contributed by atoms with Crippen molar-refractivity contribution >= 4 is 11.9 Å². The third-order valence-corrected chi connectivity index (χ3v) is 2.47. The molecular weight excluding hydrogens is 276 g/mol. The predicted octanol–water partition coefficient (Wildman–Crippen LogP) is 1.49. The Hall–Kier alpha value is -2.36. The molecule has 2 N–H and O–H groups in total. The van der Waals surface area contributed by atoms with Gasteiger partial charge < -0.3 is 19.7 Å². The fourth-order valence-corrected chi connectivity index (χ4v) is 1.48. The van der Waals surface area contributed by atoms with Crippen molar-refractivity contribution in [2.75, 3.05) is 26.4 Å². The van der Waals surface area contributed by atoms with Gasteiger partial charge in [0.05, 0.1) is 24.3 Å². The van der Waals surface area contributed by atoms with Gasteiger partial charge in [-0.15, -0.1) is 0 Å². The van der Waals surface area contributed by atoms with Crippen LogP contribution in [0.4, 0.5) is 0 Å². The quantitative estimate of drug-likeness (QED) is 0.584. The number of carboxylic acid groups (broad SMARTS) is 2. The summed E-state index contributed by atoms with van der Waals surface area (Å²) in [6.07, 6.45) is 0. The van der Waals surface area contributed by atoms with E-state index in [9.17, 15) is 9.59 Å². The maximum Gasteiger partial charge on any atom is 0.336 e. The summed E-state index contributed by atoms with van der Waals surface area (Å²) in [6.45, 7) is 3.53. The van der Waals surface area contributed by atoms with Crippen LogP contribution in [0.25, 0.3) is 0 Å². The maximum absolute atomic E-state index is 11.1. The van der Waals surface area contributed by atoms with Crippen molar-refractivity contribution in [1.29, 1.82) is 0 Å². The Morgan fingerprint density at radius 3 is 2.48 bits per heavy atom. The first-order chi connectivity index (χ1) is 10.1. The first-order valence-corrected chi connectivity index (χ1v) is 6.31. The van der Waals surface area contributed by atoms with Crippen molar-refractivity contribution in [3.63, 3.8) is 0 Å². The van der Waals surface area contributed by atoms with Gasteiger partial charge in [0.25, 0.3) is 0 Å². The molecule has 1 rings (SSSR count). The van der Waals surface area contributed by atoms with E-state index in [0.717, 1.165) is 6.07 Å². The summed E-state index contributed by atoms with van der Waals surface area (Å²) in [5.74, 6) is 2.94. The highest BCUT2D eigenvalue weighted by Crippen LogP contribution is 2.11. The predicted molar refractivity (Wildman–Crippen MR) is 74.6 cm³/mol. The van der Waals surface area contributed by atoms with E-state index < -0.39 is 11.9 Å². The van der Waals surface area contributed by atoms with Crippen LogP contribution < -0.4 is 0 Å². The van der Waals surface area contributed by atoms with E-state index in [2.05, 4.69) is 11.8 Å². The lowest BCUT2D eigenvalue weighted by atomic mass is 10.0. The van der Waals surface area contributed by atoms with Crippen LogP contribution in [0.15, 0.2) is 18.2 Å². The van der Waals surface area contributed by atoms with E-state index in [0.29, 0.717) is 19.8 Å². The first kappa shape index (κ1) is 16.7. The molecule has 0 saturated heterocycles. The second-order valence-corrected chi connectivity index (χ2v) is 3.92. The maximum atomic E-state index is 11.1. The summed E-state index contributed by atoms with van der Waals surface area (Å²) < 4.78 is 10.3. The molecule has 0 radical (unpaired) electrons. The van der Waals surface area contributed by atoms with Gasteiger partial charge in [0.1, 0.15) is 6.61 Å². The van der Waals surface area contributed by atoms with Crippen LogP contribution in [-0.2, 0) is 9.47 Å². The van der Waals surface area contributed by atoms with Gasteiger partial charge in [0, 0.05) is 12.2 Å². The number of ether oxygens (including phenoxy) is 2. The number of rotatable bonds is 7. The Kier molecular flexibility index (Phi) is 6.95. The van der Waals surface area contributed by atoms with Crippen molar-refractivity contribution in [1.82, 2.24) is 0 Å². The Morgan fingerprint density at radius 1 is 1.14 bits per heavy atom. The van der Waals surface area contributed by atoms with Crippen molar-refractivity contribution < 1.29 is 29.3 Å². The van der Waals surface area contributed by atoms with Crippen LogP contribution in [0, 0.1) is 11.8 Å². The second kappa shape index (κ2) is 8.74. The van der Waals surface area contributed by atoms with Gasteiger partial charge in [-0.25, -0.2) is 9.59 Å². The summed E-state index contributed by atoms with van der Waals surface area (Å²) in [6, 6.07) is 3.78. The van der Waals surface area contributed by atoms with Crippen molar-refractivity contribution in [2.24, 2.45) is 0 Å². The highest BCUT2D eigenvalue weighted by Gasteiger charge is 2.12. The molecule has 0 aromatic heterocycles. The summed E-state index contributed by atoms with van der Waals surface area (Å²) in [4.78, 5) is 21.9. The minimum Gasteiger partial charge on any atom is -0.478 e. The molecule has 0 aliphatic rings. The molecule has 0 aliphatic carbocycles. The third kappa shape index (κ3) is 5.65. The zero-order valence-corrected chi connectivity index (χ0v) is 11.6. The molecule has 0 saturated carbocycles. The molecule has 1 aromatic rings. The first-order valence-electron chi connectivity index (χ1n) is 6.31. The number of aromatic carboxylic acids is 2. The Bertz CT molecular complexity index is 567. The van der Waals surface area contributed by atoms with Crippen LogP contribution in [0.3, 0.4) is 0 Å². The molecule has 0 aliphatic heterocycles. The summed E-state index contributed by atoms with van der Waals surface area (Å²) in [5.41, 5.74) is 0.0172. The number of carbonyl (C=O) groups is 2. The second-order valence-electron chi connectivity index (χ2n) is 3.92. The molecule has 0 heterocycles. The molecule has 0 fully saturated rings. The third-order valence-electron chi connectivity index (χ3n) is 2.47. The molecule has 6 heteroatoms. The molecule has 6 nitrogen and oxygen atoms in total. The average molecular weight is 292 g/mol. The molecule has 112 valence electrons. The van der Waals surface area contributed by atoms with Gasteiger partial charge in [0.15, 0.2) is 0 Å². The van der Waals surface area contributed by atoms with Gasteiger partial charge in [0.2, 0.25) is 0 Å². The zero-order valence-electron chi connectivity index (χ0n) is 11.6. The van der Waals surface area contributed by atoms with Crippen molar-refractivity contribution in [3.05, 3.63) is 34.9 Å². The van der Waals surface area contributed by atoms with Gasteiger partial charge >= 0.3 is 11.9 Å². The number of hydrogen-bond donors (Lipinski definition) is 2. The summed E-state index contributed by atoms with van der Waals surface area (Å²) in [7, 11) is 0. The standard InChI is InChI=1S/C15H16O6/c1-2-20-8-9-21-7-3-4-11-5-6-12(14(16)17)10-13(11)15(18)19/h5-6,10H,2,7-9H2,1H3,(H,16,17)(H,18,19). The van der Waals surface area contributed by atoms with E-state index >= 15 is 0 Å². The monoisotopic (exact) mass is 292 g/mol. The van der Waals surface area contributed by atoms with Gasteiger partial charge in [-0.2, -0.15) is 0 Å². The fraction of sp³-hybridized carbons (Fsp3) is 0.333. The molecule has 21 heavy (non-hydrogen) atoms. The lowest BCUT2D eigenvalue weighted by Crippen LogP contribution is -2.05. The number of hydrogen-bond acceptors (Lipinski definition) is 4. The van der Waals surface area contributed by atoms with Crippen LogP contribution in [0.1, 0.15) is 33.2 Å². The minimum absolute atomic E-state index is 0.0917.